The van der Waals surface area contributed by atoms with E-state index in [4.69, 9.17) is 16.3 Å². The summed E-state index contributed by atoms with van der Waals surface area (Å²) in [4.78, 5) is 18.2. The van der Waals surface area contributed by atoms with E-state index in [1.165, 1.54) is 48.7 Å². The number of pyridine rings is 1. The van der Waals surface area contributed by atoms with Gasteiger partial charge in [0.1, 0.15) is 5.56 Å². The third kappa shape index (κ3) is 4.77. The summed E-state index contributed by atoms with van der Waals surface area (Å²) in [5.41, 5.74) is -1.82. The molecule has 34 heavy (non-hydrogen) atoms. The highest BCUT2D eigenvalue weighted by Crippen LogP contribution is 2.40. The van der Waals surface area contributed by atoms with Gasteiger partial charge in [-0.1, -0.05) is 41.9 Å². The van der Waals surface area contributed by atoms with Crippen molar-refractivity contribution in [3.05, 3.63) is 71.3 Å². The molecule has 13 heteroatoms. The highest BCUT2D eigenvalue weighted by Gasteiger charge is 2.42. The van der Waals surface area contributed by atoms with E-state index in [1.807, 2.05) is 0 Å². The third-order valence-electron chi connectivity index (χ3n) is 4.69. The first-order chi connectivity index (χ1) is 16.3. The van der Waals surface area contributed by atoms with E-state index in [1.54, 1.807) is 18.2 Å². The van der Waals surface area contributed by atoms with Gasteiger partial charge >= 0.3 is 6.18 Å². The second-order valence-corrected chi connectivity index (χ2v) is 7.36. The predicted molar refractivity (Wildman–Crippen MR) is 117 cm³/mol. The molecule has 0 bridgehead atoms. The molecule has 0 aliphatic heterocycles. The first kappa shape index (κ1) is 23.4. The lowest BCUT2D eigenvalue weighted by molar-refractivity contribution is -0.137. The van der Waals surface area contributed by atoms with Crippen LogP contribution in [0.25, 0.3) is 17.1 Å². The van der Waals surface area contributed by atoms with Gasteiger partial charge in [-0.25, -0.2) is 4.98 Å². The quantitative estimate of drug-likeness (QED) is 0.418. The van der Waals surface area contributed by atoms with E-state index < -0.39 is 23.3 Å². The number of carbonyl (C=O) groups excluding carboxylic acids is 1. The van der Waals surface area contributed by atoms with Crippen LogP contribution in [-0.4, -0.2) is 49.4 Å². The minimum Gasteiger partial charge on any atom is -0.383 e. The van der Waals surface area contributed by atoms with Gasteiger partial charge in [0, 0.05) is 12.7 Å². The van der Waals surface area contributed by atoms with E-state index in [0.717, 1.165) is 4.68 Å². The van der Waals surface area contributed by atoms with E-state index in [-0.39, 0.29) is 40.9 Å². The summed E-state index contributed by atoms with van der Waals surface area (Å²) in [5, 5.41) is 14.3. The van der Waals surface area contributed by atoms with Gasteiger partial charge < -0.3 is 10.1 Å². The van der Waals surface area contributed by atoms with Crippen molar-refractivity contribution >= 4 is 23.2 Å². The van der Waals surface area contributed by atoms with Gasteiger partial charge in [-0.15, -0.1) is 4.80 Å². The number of aromatic nitrogens is 6. The molecule has 176 valence electrons. The molecule has 0 atom stereocenters. The van der Waals surface area contributed by atoms with Crippen LogP contribution < -0.4 is 5.32 Å². The first-order valence-corrected chi connectivity index (χ1v) is 10.2. The molecule has 0 spiro atoms. The largest absolute Gasteiger partial charge is 0.420 e. The van der Waals surface area contributed by atoms with Gasteiger partial charge in [-0.2, -0.15) is 28.5 Å². The molecule has 0 aliphatic rings. The van der Waals surface area contributed by atoms with Crippen LogP contribution in [0.4, 0.5) is 18.9 Å². The summed E-state index contributed by atoms with van der Waals surface area (Å²) in [6.45, 7) is 0.109. The lowest BCUT2D eigenvalue weighted by atomic mass is 10.0. The Morgan fingerprint density at radius 2 is 1.88 bits per heavy atom. The number of benzene rings is 1. The smallest absolute Gasteiger partial charge is 0.383 e. The molecular weight excluding hydrogens is 475 g/mol. The van der Waals surface area contributed by atoms with Gasteiger partial charge in [0.15, 0.2) is 11.5 Å². The van der Waals surface area contributed by atoms with E-state index >= 15 is 0 Å². The number of hydrogen-bond donors (Lipinski definition) is 1. The number of ether oxygens (including phenoxy) is 1. The van der Waals surface area contributed by atoms with E-state index in [2.05, 4.69) is 25.6 Å². The van der Waals surface area contributed by atoms with Crippen molar-refractivity contribution < 1.29 is 22.7 Å². The van der Waals surface area contributed by atoms with Crippen LogP contribution in [0.15, 0.2) is 55.0 Å². The molecule has 1 aromatic carbocycles. The fourth-order valence-electron chi connectivity index (χ4n) is 3.28. The van der Waals surface area contributed by atoms with Crippen LogP contribution in [0.5, 0.6) is 0 Å². The Labute approximate surface area is 196 Å². The third-order valence-corrected chi connectivity index (χ3v) is 4.97. The topological polar surface area (TPSA) is 99.8 Å². The maximum Gasteiger partial charge on any atom is 0.420 e. The van der Waals surface area contributed by atoms with E-state index in [9.17, 15) is 18.0 Å². The Bertz CT molecular complexity index is 1290. The number of rotatable bonds is 7. The number of nitrogens with one attached hydrogen (secondary N) is 1. The van der Waals surface area contributed by atoms with Crippen molar-refractivity contribution in [2.75, 3.05) is 19.0 Å². The minimum absolute atomic E-state index is 0.00996. The minimum atomic E-state index is -4.85. The molecule has 0 aliphatic carbocycles. The Kier molecular flexibility index (Phi) is 6.61. The van der Waals surface area contributed by atoms with Crippen LogP contribution in [0.2, 0.25) is 5.02 Å². The van der Waals surface area contributed by atoms with Gasteiger partial charge in [-0.05, 0) is 6.07 Å². The SMILES string of the molecule is COCCn1nc(C(=O)Nc2cnc(-n3nccn3)c(Cl)c2)c(C(F)(F)F)c1-c1ccccc1. The van der Waals surface area contributed by atoms with Crippen LogP contribution in [0, 0.1) is 0 Å². The average molecular weight is 492 g/mol. The van der Waals surface area contributed by atoms with E-state index in [0.29, 0.717) is 0 Å². The van der Waals surface area contributed by atoms with Crippen LogP contribution in [0.1, 0.15) is 16.1 Å². The lowest BCUT2D eigenvalue weighted by Crippen LogP contribution is -2.19. The first-order valence-electron chi connectivity index (χ1n) is 9.85. The number of methoxy groups -OCH3 is 1. The number of halogens is 4. The normalized spacial score (nSPS) is 11.6. The van der Waals surface area contributed by atoms with Crippen molar-refractivity contribution in [1.82, 2.24) is 29.8 Å². The predicted octanol–water partition coefficient (Wildman–Crippen LogP) is 4.10. The molecule has 0 fully saturated rings. The Hall–Kier alpha value is -3.77. The van der Waals surface area contributed by atoms with Gasteiger partial charge in [0.2, 0.25) is 0 Å². The average Bonchev–Trinajstić information content (AvgIpc) is 3.46. The Morgan fingerprint density at radius 3 is 2.50 bits per heavy atom. The summed E-state index contributed by atoms with van der Waals surface area (Å²) in [6.07, 6.45) is -0.766. The van der Waals surface area contributed by atoms with Crippen molar-refractivity contribution in [3.8, 4) is 17.1 Å². The van der Waals surface area contributed by atoms with Crippen molar-refractivity contribution in [2.45, 2.75) is 12.7 Å². The van der Waals surface area contributed by atoms with Crippen LogP contribution in [0.3, 0.4) is 0 Å². The number of anilines is 1. The summed E-state index contributed by atoms with van der Waals surface area (Å²) in [7, 11) is 1.42. The second-order valence-electron chi connectivity index (χ2n) is 6.95. The van der Waals surface area contributed by atoms with Crippen LogP contribution >= 0.6 is 11.6 Å². The Balaban J connectivity index is 1.74. The molecule has 9 nitrogen and oxygen atoms in total. The molecule has 1 amide bonds. The molecule has 4 rings (SSSR count). The number of carbonyl (C=O) groups is 1. The summed E-state index contributed by atoms with van der Waals surface area (Å²) >= 11 is 6.19. The fourth-order valence-corrected chi connectivity index (χ4v) is 3.52. The van der Waals surface area contributed by atoms with Crippen LogP contribution in [-0.2, 0) is 17.5 Å². The van der Waals surface area contributed by atoms with Gasteiger partial charge in [-0.3, -0.25) is 9.48 Å². The highest BCUT2D eigenvalue weighted by molar-refractivity contribution is 6.32. The van der Waals surface area contributed by atoms with Crippen molar-refractivity contribution in [2.24, 2.45) is 0 Å². The summed E-state index contributed by atoms with van der Waals surface area (Å²) < 4.78 is 48.7. The number of alkyl halides is 3. The zero-order valence-electron chi connectivity index (χ0n) is 17.6. The number of amides is 1. The number of hydrogen-bond acceptors (Lipinski definition) is 6. The maximum atomic E-state index is 14.2. The zero-order chi connectivity index (χ0) is 24.3. The maximum absolute atomic E-state index is 14.2. The zero-order valence-corrected chi connectivity index (χ0v) is 18.4. The molecule has 3 aromatic heterocycles. The van der Waals surface area contributed by atoms with Gasteiger partial charge in [0.05, 0.1) is 48.1 Å². The molecule has 0 saturated carbocycles. The Morgan fingerprint density at radius 1 is 1.18 bits per heavy atom. The standard InChI is InChI=1S/C21H17ClF3N7O2/c1-34-10-9-31-18(13-5-3-2-4-6-13)16(21(23,24)25)17(30-31)20(33)29-14-11-15(22)19(26-12-14)32-27-7-8-28-32/h2-8,11-12H,9-10H2,1H3,(H,29,33). The molecular formula is C21H17ClF3N7O2. The molecule has 0 unspecified atom stereocenters. The fraction of sp³-hybridized carbons (Fsp3) is 0.190. The van der Waals surface area contributed by atoms with Crippen molar-refractivity contribution in [3.63, 3.8) is 0 Å². The molecule has 4 aromatic rings. The van der Waals surface area contributed by atoms with Crippen molar-refractivity contribution in [1.29, 1.82) is 0 Å². The molecule has 1 N–H and O–H groups in total. The molecule has 0 saturated heterocycles. The monoisotopic (exact) mass is 491 g/mol. The molecule has 3 heterocycles. The highest BCUT2D eigenvalue weighted by atomic mass is 35.5. The second kappa shape index (κ2) is 9.61. The summed E-state index contributed by atoms with van der Waals surface area (Å²) in [6, 6.07) is 9.25. The summed E-state index contributed by atoms with van der Waals surface area (Å²) in [5.74, 6) is -0.876. The lowest BCUT2D eigenvalue weighted by Gasteiger charge is -2.12. The van der Waals surface area contributed by atoms with Gasteiger partial charge in [0.25, 0.3) is 5.91 Å². The molecule has 0 radical (unpaired) electrons. The number of nitrogens with zero attached hydrogens (tertiary/aromatic N) is 6.